The van der Waals surface area contributed by atoms with Crippen LogP contribution in [0.25, 0.3) is 0 Å². The van der Waals surface area contributed by atoms with Gasteiger partial charge < -0.3 is 0 Å². The average molecular weight is 217 g/mol. The molecule has 0 nitrogen and oxygen atoms in total. The molecular formula is C8H9BrS. The third-order valence-corrected chi connectivity index (χ3v) is 2.43. The first-order valence-electron chi connectivity index (χ1n) is 3.21. The van der Waals surface area contributed by atoms with E-state index < -0.39 is 0 Å². The fourth-order valence-corrected chi connectivity index (χ4v) is 1.86. The van der Waals surface area contributed by atoms with Crippen molar-refractivity contribution in [1.29, 1.82) is 0 Å². The summed E-state index contributed by atoms with van der Waals surface area (Å²) < 4.78 is 1.16. The fraction of sp³-hybridized carbons (Fsp3) is 0.250. The van der Waals surface area contributed by atoms with Crippen LogP contribution in [-0.2, 0) is 6.42 Å². The number of halogens is 1. The Kier molecular flexibility index (Phi) is 2.81. The molecule has 0 heterocycles. The molecule has 0 aliphatic carbocycles. The van der Waals surface area contributed by atoms with Gasteiger partial charge in [0.25, 0.3) is 0 Å². The average Bonchev–Trinajstić information content (AvgIpc) is 1.88. The number of aryl methyl sites for hydroxylation is 1. The Morgan fingerprint density at radius 3 is 2.70 bits per heavy atom. The van der Waals surface area contributed by atoms with Gasteiger partial charge in [0, 0.05) is 9.37 Å². The summed E-state index contributed by atoms with van der Waals surface area (Å²) in [4.78, 5) is 1.00. The third-order valence-electron chi connectivity index (χ3n) is 1.42. The SMILES string of the molecule is CCc1ccc(S)cc1Br. The second-order valence-corrected chi connectivity index (χ2v) is 3.50. The molecule has 0 aliphatic rings. The van der Waals surface area contributed by atoms with Gasteiger partial charge in [0.15, 0.2) is 0 Å². The van der Waals surface area contributed by atoms with E-state index in [4.69, 9.17) is 0 Å². The van der Waals surface area contributed by atoms with Gasteiger partial charge >= 0.3 is 0 Å². The van der Waals surface area contributed by atoms with Crippen molar-refractivity contribution in [2.75, 3.05) is 0 Å². The first-order valence-corrected chi connectivity index (χ1v) is 4.45. The van der Waals surface area contributed by atoms with Crippen molar-refractivity contribution in [2.24, 2.45) is 0 Å². The van der Waals surface area contributed by atoms with Gasteiger partial charge in [-0.15, -0.1) is 12.6 Å². The monoisotopic (exact) mass is 216 g/mol. The minimum atomic E-state index is 1.00. The van der Waals surface area contributed by atoms with E-state index in [-0.39, 0.29) is 0 Å². The van der Waals surface area contributed by atoms with Crippen LogP contribution in [0.3, 0.4) is 0 Å². The molecule has 0 saturated carbocycles. The zero-order valence-corrected chi connectivity index (χ0v) is 8.24. The first kappa shape index (κ1) is 8.15. The Bertz CT molecular complexity index is 233. The maximum atomic E-state index is 4.21. The Morgan fingerprint density at radius 2 is 2.20 bits per heavy atom. The van der Waals surface area contributed by atoms with Gasteiger partial charge in [0.2, 0.25) is 0 Å². The van der Waals surface area contributed by atoms with Crippen LogP contribution < -0.4 is 0 Å². The molecule has 1 aromatic rings. The van der Waals surface area contributed by atoms with Crippen molar-refractivity contribution in [3.63, 3.8) is 0 Å². The topological polar surface area (TPSA) is 0 Å². The lowest BCUT2D eigenvalue weighted by atomic mass is 10.2. The van der Waals surface area contributed by atoms with Gasteiger partial charge in [-0.1, -0.05) is 28.9 Å². The normalized spacial score (nSPS) is 9.90. The van der Waals surface area contributed by atoms with E-state index in [1.54, 1.807) is 0 Å². The van der Waals surface area contributed by atoms with E-state index in [0.717, 1.165) is 15.8 Å². The van der Waals surface area contributed by atoms with Gasteiger partial charge in [-0.25, -0.2) is 0 Å². The van der Waals surface area contributed by atoms with E-state index in [0.29, 0.717) is 0 Å². The fourth-order valence-electron chi connectivity index (χ4n) is 0.823. The van der Waals surface area contributed by atoms with Crippen molar-refractivity contribution in [1.82, 2.24) is 0 Å². The summed E-state index contributed by atoms with van der Waals surface area (Å²) in [6, 6.07) is 6.11. The third kappa shape index (κ3) is 1.77. The molecule has 0 unspecified atom stereocenters. The van der Waals surface area contributed by atoms with E-state index in [1.165, 1.54) is 5.56 Å². The molecule has 1 aromatic carbocycles. The maximum Gasteiger partial charge on any atom is 0.0218 e. The van der Waals surface area contributed by atoms with Gasteiger partial charge in [-0.05, 0) is 24.1 Å². The quantitative estimate of drug-likeness (QED) is 0.685. The highest BCUT2D eigenvalue weighted by molar-refractivity contribution is 9.10. The Morgan fingerprint density at radius 1 is 1.50 bits per heavy atom. The number of hydrogen-bond acceptors (Lipinski definition) is 1. The van der Waals surface area contributed by atoms with E-state index in [9.17, 15) is 0 Å². The molecule has 1 rings (SSSR count). The van der Waals surface area contributed by atoms with Crippen LogP contribution in [0.4, 0.5) is 0 Å². The lowest BCUT2D eigenvalue weighted by molar-refractivity contribution is 1.12. The predicted octanol–water partition coefficient (Wildman–Crippen LogP) is 3.30. The molecule has 2 heteroatoms. The minimum Gasteiger partial charge on any atom is -0.143 e. The van der Waals surface area contributed by atoms with Gasteiger partial charge in [0.1, 0.15) is 0 Å². The highest BCUT2D eigenvalue weighted by Gasteiger charge is 1.95. The summed E-state index contributed by atoms with van der Waals surface area (Å²) in [5.74, 6) is 0. The lowest BCUT2D eigenvalue weighted by Crippen LogP contribution is -1.80. The van der Waals surface area contributed by atoms with Crippen LogP contribution >= 0.6 is 28.6 Å². The van der Waals surface area contributed by atoms with Crippen molar-refractivity contribution in [2.45, 2.75) is 18.2 Å². The second kappa shape index (κ2) is 3.44. The molecular weight excluding hydrogens is 208 g/mol. The molecule has 0 aliphatic heterocycles. The Balaban J connectivity index is 3.07. The minimum absolute atomic E-state index is 1.00. The van der Waals surface area contributed by atoms with E-state index in [1.807, 2.05) is 12.1 Å². The molecule has 54 valence electrons. The Hall–Kier alpha value is 0.0500. The molecule has 0 radical (unpaired) electrons. The van der Waals surface area contributed by atoms with Crippen LogP contribution in [-0.4, -0.2) is 0 Å². The van der Waals surface area contributed by atoms with Gasteiger partial charge in [-0.3, -0.25) is 0 Å². The highest BCUT2D eigenvalue weighted by Crippen LogP contribution is 2.20. The summed E-state index contributed by atoms with van der Waals surface area (Å²) in [5, 5.41) is 0. The summed E-state index contributed by atoms with van der Waals surface area (Å²) in [7, 11) is 0. The number of benzene rings is 1. The van der Waals surface area contributed by atoms with Crippen molar-refractivity contribution in [3.8, 4) is 0 Å². The predicted molar refractivity (Wildman–Crippen MR) is 50.8 cm³/mol. The summed E-state index contributed by atoms with van der Waals surface area (Å²) in [6.07, 6.45) is 1.06. The van der Waals surface area contributed by atoms with Crippen LogP contribution in [0.5, 0.6) is 0 Å². The molecule has 0 fully saturated rings. The van der Waals surface area contributed by atoms with Crippen LogP contribution in [0.15, 0.2) is 27.6 Å². The molecule has 0 spiro atoms. The molecule has 0 bridgehead atoms. The zero-order chi connectivity index (χ0) is 7.56. The zero-order valence-electron chi connectivity index (χ0n) is 5.76. The van der Waals surface area contributed by atoms with Crippen molar-refractivity contribution in [3.05, 3.63) is 28.2 Å². The van der Waals surface area contributed by atoms with Gasteiger partial charge in [-0.2, -0.15) is 0 Å². The smallest absolute Gasteiger partial charge is 0.0218 e. The highest BCUT2D eigenvalue weighted by atomic mass is 79.9. The molecule has 0 atom stereocenters. The van der Waals surface area contributed by atoms with E-state index in [2.05, 4.69) is 41.5 Å². The second-order valence-electron chi connectivity index (χ2n) is 2.13. The molecule has 0 N–H and O–H groups in total. The lowest BCUT2D eigenvalue weighted by Gasteiger charge is -1.99. The van der Waals surface area contributed by atoms with Crippen molar-refractivity contribution < 1.29 is 0 Å². The summed E-state index contributed by atoms with van der Waals surface area (Å²) in [6.45, 7) is 2.14. The maximum absolute atomic E-state index is 4.21. The molecule has 0 aromatic heterocycles. The summed E-state index contributed by atoms with van der Waals surface area (Å²) in [5.41, 5.74) is 1.33. The van der Waals surface area contributed by atoms with Gasteiger partial charge in [0.05, 0.1) is 0 Å². The number of hydrogen-bond donors (Lipinski definition) is 1. The first-order chi connectivity index (χ1) is 4.74. The van der Waals surface area contributed by atoms with E-state index >= 15 is 0 Å². The largest absolute Gasteiger partial charge is 0.143 e. The van der Waals surface area contributed by atoms with Crippen LogP contribution in [0, 0.1) is 0 Å². The standard InChI is InChI=1S/C8H9BrS/c1-2-6-3-4-7(10)5-8(6)9/h3-5,10H,2H2,1H3. The summed E-state index contributed by atoms with van der Waals surface area (Å²) >= 11 is 7.67. The molecule has 0 amide bonds. The van der Waals surface area contributed by atoms with Crippen LogP contribution in [0.2, 0.25) is 0 Å². The molecule has 0 saturated heterocycles. The molecule has 10 heavy (non-hydrogen) atoms. The van der Waals surface area contributed by atoms with Crippen LogP contribution in [0.1, 0.15) is 12.5 Å². The number of thiol groups is 1. The Labute approximate surface area is 75.2 Å². The number of rotatable bonds is 1. The van der Waals surface area contributed by atoms with Crippen molar-refractivity contribution >= 4 is 28.6 Å².